The summed E-state index contributed by atoms with van der Waals surface area (Å²) in [5.74, 6) is 0.709. The van der Waals surface area contributed by atoms with Crippen molar-refractivity contribution in [2.45, 2.75) is 6.61 Å². The number of allylic oxidation sites excluding steroid dienone is 1. The van der Waals surface area contributed by atoms with Crippen molar-refractivity contribution in [2.75, 3.05) is 7.11 Å². The average molecular weight is 517 g/mol. The van der Waals surface area contributed by atoms with Gasteiger partial charge < -0.3 is 9.47 Å². The standard InChI is InChI=1S/C23H16Br2FNO2/c1-28-22-12-16(9-18(13-27)17-5-7-19(24)8-6-17)11-21(25)23(22)29-14-15-3-2-4-20(26)10-15/h2-12H,14H2,1H3/b18-9+. The summed E-state index contributed by atoms with van der Waals surface area (Å²) in [6, 6.07) is 19.6. The normalized spacial score (nSPS) is 11.1. The fourth-order valence-corrected chi connectivity index (χ4v) is 3.56. The molecule has 0 unspecified atom stereocenters. The summed E-state index contributed by atoms with van der Waals surface area (Å²) < 4.78 is 26.3. The lowest BCUT2D eigenvalue weighted by Crippen LogP contribution is -1.99. The molecular formula is C23H16Br2FNO2. The zero-order chi connectivity index (χ0) is 20.8. The molecule has 6 heteroatoms. The molecule has 3 rings (SSSR count). The Hall–Kier alpha value is -2.62. The Morgan fingerprint density at radius 1 is 1.10 bits per heavy atom. The minimum Gasteiger partial charge on any atom is -0.493 e. The van der Waals surface area contributed by atoms with Crippen LogP contribution in [0.3, 0.4) is 0 Å². The van der Waals surface area contributed by atoms with Gasteiger partial charge in [0.25, 0.3) is 0 Å². The molecule has 0 aromatic heterocycles. The Morgan fingerprint density at radius 2 is 1.86 bits per heavy atom. The number of hydrogen-bond donors (Lipinski definition) is 0. The molecule has 0 fully saturated rings. The summed E-state index contributed by atoms with van der Waals surface area (Å²) >= 11 is 6.90. The van der Waals surface area contributed by atoms with E-state index in [0.717, 1.165) is 15.6 Å². The second-order valence-electron chi connectivity index (χ2n) is 6.13. The third kappa shape index (κ3) is 5.47. The molecule has 29 heavy (non-hydrogen) atoms. The van der Waals surface area contributed by atoms with Crippen LogP contribution < -0.4 is 9.47 Å². The van der Waals surface area contributed by atoms with Crippen LogP contribution in [0.2, 0.25) is 0 Å². The molecule has 3 nitrogen and oxygen atoms in total. The number of nitrogens with zero attached hydrogens (tertiary/aromatic N) is 1. The predicted octanol–water partition coefficient (Wildman–Crippen LogP) is 7.00. The van der Waals surface area contributed by atoms with Gasteiger partial charge in [0.1, 0.15) is 12.4 Å². The number of benzene rings is 3. The van der Waals surface area contributed by atoms with Gasteiger partial charge in [0.2, 0.25) is 0 Å². The highest BCUT2D eigenvalue weighted by Gasteiger charge is 2.12. The van der Waals surface area contributed by atoms with Crippen LogP contribution in [0.5, 0.6) is 11.5 Å². The number of methoxy groups -OCH3 is 1. The molecule has 0 aliphatic carbocycles. The van der Waals surface area contributed by atoms with E-state index in [1.54, 1.807) is 31.4 Å². The van der Waals surface area contributed by atoms with E-state index in [1.807, 2.05) is 30.3 Å². The summed E-state index contributed by atoms with van der Waals surface area (Å²) in [5.41, 5.74) is 2.84. The summed E-state index contributed by atoms with van der Waals surface area (Å²) in [4.78, 5) is 0. The van der Waals surface area contributed by atoms with Crippen LogP contribution in [0.4, 0.5) is 4.39 Å². The average Bonchev–Trinajstić information content (AvgIpc) is 2.71. The Kier molecular flexibility index (Phi) is 7.08. The summed E-state index contributed by atoms with van der Waals surface area (Å²) in [7, 11) is 1.55. The van der Waals surface area contributed by atoms with Crippen molar-refractivity contribution in [3.8, 4) is 17.6 Å². The molecule has 0 bridgehead atoms. The molecule has 146 valence electrons. The zero-order valence-corrected chi connectivity index (χ0v) is 18.6. The number of ether oxygens (including phenoxy) is 2. The minimum atomic E-state index is -0.311. The van der Waals surface area contributed by atoms with Crippen molar-refractivity contribution in [1.29, 1.82) is 5.26 Å². The van der Waals surface area contributed by atoms with Crippen LogP contribution in [0.25, 0.3) is 11.6 Å². The van der Waals surface area contributed by atoms with Crippen LogP contribution in [0.15, 0.2) is 69.6 Å². The van der Waals surface area contributed by atoms with E-state index in [9.17, 15) is 9.65 Å². The van der Waals surface area contributed by atoms with E-state index < -0.39 is 0 Å². The molecule has 0 spiro atoms. The highest BCUT2D eigenvalue weighted by molar-refractivity contribution is 9.10. The van der Waals surface area contributed by atoms with E-state index in [-0.39, 0.29) is 12.4 Å². The molecule has 3 aromatic carbocycles. The Labute approximate surface area is 185 Å². The predicted molar refractivity (Wildman–Crippen MR) is 119 cm³/mol. The summed E-state index contributed by atoms with van der Waals surface area (Å²) in [5, 5.41) is 9.56. The molecule has 0 N–H and O–H groups in total. The van der Waals surface area contributed by atoms with Gasteiger partial charge in [-0.1, -0.05) is 40.2 Å². The quantitative estimate of drug-likeness (QED) is 0.261. The molecule has 0 heterocycles. The van der Waals surface area contributed by atoms with E-state index in [2.05, 4.69) is 37.9 Å². The fraction of sp³-hybridized carbons (Fsp3) is 0.0870. The van der Waals surface area contributed by atoms with Gasteiger partial charge in [-0.25, -0.2) is 4.39 Å². The van der Waals surface area contributed by atoms with Crippen LogP contribution in [-0.2, 0) is 6.61 Å². The summed E-state index contributed by atoms with van der Waals surface area (Å²) in [6.45, 7) is 0.199. The molecule has 0 atom stereocenters. The van der Waals surface area contributed by atoms with Crippen LogP contribution >= 0.6 is 31.9 Å². The van der Waals surface area contributed by atoms with E-state index in [1.165, 1.54) is 12.1 Å². The van der Waals surface area contributed by atoms with Crippen molar-refractivity contribution in [1.82, 2.24) is 0 Å². The lowest BCUT2D eigenvalue weighted by Gasteiger charge is -2.14. The number of halogens is 3. The first-order chi connectivity index (χ1) is 14.0. The number of rotatable bonds is 6. The van der Waals surface area contributed by atoms with Gasteiger partial charge in [0.05, 0.1) is 23.2 Å². The van der Waals surface area contributed by atoms with Gasteiger partial charge in [-0.2, -0.15) is 5.26 Å². The molecule has 0 radical (unpaired) electrons. The maximum absolute atomic E-state index is 13.4. The molecule has 3 aromatic rings. The SMILES string of the molecule is COc1cc(/C=C(\C#N)c2ccc(Br)cc2)cc(Br)c1OCc1cccc(F)c1. The Bertz CT molecular complexity index is 1090. The van der Waals surface area contributed by atoms with E-state index in [4.69, 9.17) is 9.47 Å². The Morgan fingerprint density at radius 3 is 2.52 bits per heavy atom. The second kappa shape index (κ2) is 9.73. The fourth-order valence-electron chi connectivity index (χ4n) is 2.72. The topological polar surface area (TPSA) is 42.2 Å². The second-order valence-corrected chi connectivity index (χ2v) is 7.90. The molecule has 0 aliphatic rings. The van der Waals surface area contributed by atoms with Gasteiger partial charge in [0.15, 0.2) is 11.5 Å². The Balaban J connectivity index is 1.89. The van der Waals surface area contributed by atoms with Gasteiger partial charge in [-0.3, -0.25) is 0 Å². The maximum atomic E-state index is 13.4. The minimum absolute atomic E-state index is 0.199. The van der Waals surface area contributed by atoms with Crippen LogP contribution in [0, 0.1) is 17.1 Å². The highest BCUT2D eigenvalue weighted by atomic mass is 79.9. The third-order valence-electron chi connectivity index (χ3n) is 4.11. The van der Waals surface area contributed by atoms with Crippen LogP contribution in [-0.4, -0.2) is 7.11 Å². The smallest absolute Gasteiger partial charge is 0.175 e. The van der Waals surface area contributed by atoms with Crippen molar-refractivity contribution < 1.29 is 13.9 Å². The first kappa shape index (κ1) is 21.1. The van der Waals surface area contributed by atoms with Crippen LogP contribution in [0.1, 0.15) is 16.7 Å². The molecule has 0 aliphatic heterocycles. The molecule has 0 saturated carbocycles. The third-order valence-corrected chi connectivity index (χ3v) is 5.23. The monoisotopic (exact) mass is 515 g/mol. The maximum Gasteiger partial charge on any atom is 0.175 e. The number of nitriles is 1. The van der Waals surface area contributed by atoms with Gasteiger partial charge in [0, 0.05) is 4.47 Å². The molecule has 0 saturated heterocycles. The van der Waals surface area contributed by atoms with Crippen molar-refractivity contribution >= 4 is 43.5 Å². The number of hydrogen-bond acceptors (Lipinski definition) is 3. The first-order valence-corrected chi connectivity index (χ1v) is 10.2. The van der Waals surface area contributed by atoms with Crippen molar-refractivity contribution in [2.24, 2.45) is 0 Å². The van der Waals surface area contributed by atoms with E-state index in [0.29, 0.717) is 27.1 Å². The first-order valence-electron chi connectivity index (χ1n) is 8.62. The lowest BCUT2D eigenvalue weighted by molar-refractivity contribution is 0.282. The van der Waals surface area contributed by atoms with Gasteiger partial charge in [-0.15, -0.1) is 0 Å². The highest BCUT2D eigenvalue weighted by Crippen LogP contribution is 2.38. The van der Waals surface area contributed by atoms with E-state index >= 15 is 0 Å². The van der Waals surface area contributed by atoms with Crippen molar-refractivity contribution in [3.63, 3.8) is 0 Å². The van der Waals surface area contributed by atoms with Crippen molar-refractivity contribution in [3.05, 3.63) is 92.1 Å². The van der Waals surface area contributed by atoms with Gasteiger partial charge in [-0.05, 0) is 75.1 Å². The zero-order valence-electron chi connectivity index (χ0n) is 15.5. The summed E-state index contributed by atoms with van der Waals surface area (Å²) in [6.07, 6.45) is 1.78. The van der Waals surface area contributed by atoms with Gasteiger partial charge >= 0.3 is 0 Å². The largest absolute Gasteiger partial charge is 0.493 e. The lowest BCUT2D eigenvalue weighted by atomic mass is 10.0. The molecule has 0 amide bonds. The molecular weight excluding hydrogens is 501 g/mol.